The zero-order valence-electron chi connectivity index (χ0n) is 23.3. The lowest BCUT2D eigenvalue weighted by Gasteiger charge is -2.32. The Labute approximate surface area is 252 Å². The minimum atomic E-state index is -4.64. The summed E-state index contributed by atoms with van der Waals surface area (Å²) >= 11 is 3.39. The molecule has 0 saturated heterocycles. The van der Waals surface area contributed by atoms with Crippen molar-refractivity contribution in [1.29, 1.82) is 0 Å². The number of alkyl halides is 3. The highest BCUT2D eigenvalue weighted by Gasteiger charge is 2.32. The smallest absolute Gasteiger partial charge is 0.355 e. The fourth-order valence-corrected chi connectivity index (χ4v) is 5.70. The molecular formula is C30H33BrF3N3O4S. The van der Waals surface area contributed by atoms with E-state index in [2.05, 4.69) is 21.2 Å². The minimum Gasteiger partial charge on any atom is -0.355 e. The molecule has 1 N–H and O–H groups in total. The maximum absolute atomic E-state index is 13.7. The van der Waals surface area contributed by atoms with Gasteiger partial charge in [-0.3, -0.25) is 13.9 Å². The van der Waals surface area contributed by atoms with Crippen molar-refractivity contribution in [2.75, 3.05) is 23.7 Å². The Morgan fingerprint density at radius 3 is 2.21 bits per heavy atom. The van der Waals surface area contributed by atoms with Crippen LogP contribution in [0.3, 0.4) is 0 Å². The number of sulfonamides is 1. The minimum absolute atomic E-state index is 0.0203. The Bertz CT molecular complexity index is 1450. The van der Waals surface area contributed by atoms with Crippen LogP contribution < -0.4 is 9.62 Å². The molecule has 0 spiro atoms. The van der Waals surface area contributed by atoms with Gasteiger partial charge in [0, 0.05) is 36.9 Å². The number of carbonyl (C=O) groups excluding carboxylic acids is 2. The first-order valence-electron chi connectivity index (χ1n) is 13.3. The molecule has 226 valence electrons. The van der Waals surface area contributed by atoms with Gasteiger partial charge in [-0.05, 0) is 54.8 Å². The van der Waals surface area contributed by atoms with E-state index in [0.29, 0.717) is 6.54 Å². The van der Waals surface area contributed by atoms with Crippen molar-refractivity contribution in [2.24, 2.45) is 0 Å². The van der Waals surface area contributed by atoms with E-state index in [0.717, 1.165) is 44.4 Å². The first-order valence-corrected chi connectivity index (χ1v) is 15.9. The second kappa shape index (κ2) is 14.7. The van der Waals surface area contributed by atoms with E-state index in [4.69, 9.17) is 0 Å². The van der Waals surface area contributed by atoms with Crippen LogP contribution in [0.1, 0.15) is 36.5 Å². The highest BCUT2D eigenvalue weighted by molar-refractivity contribution is 9.10. The molecule has 0 fully saturated rings. The Morgan fingerprint density at radius 2 is 1.62 bits per heavy atom. The number of hydrogen-bond donors (Lipinski definition) is 1. The van der Waals surface area contributed by atoms with Crippen LogP contribution >= 0.6 is 15.9 Å². The second-order valence-electron chi connectivity index (χ2n) is 9.73. The molecule has 7 nitrogen and oxygen atoms in total. The van der Waals surface area contributed by atoms with Crippen LogP contribution in [0.25, 0.3) is 0 Å². The van der Waals surface area contributed by atoms with Gasteiger partial charge in [-0.15, -0.1) is 0 Å². The lowest BCUT2D eigenvalue weighted by atomic mass is 10.0. The number of benzene rings is 3. The van der Waals surface area contributed by atoms with E-state index in [9.17, 15) is 31.2 Å². The van der Waals surface area contributed by atoms with Gasteiger partial charge in [0.25, 0.3) is 0 Å². The topological polar surface area (TPSA) is 86.8 Å². The quantitative estimate of drug-likeness (QED) is 0.250. The molecule has 0 aliphatic heterocycles. The molecule has 1 atom stereocenters. The van der Waals surface area contributed by atoms with E-state index in [1.165, 1.54) is 11.0 Å². The summed E-state index contributed by atoms with van der Waals surface area (Å²) in [6.45, 7) is 2.06. The Hall–Kier alpha value is -3.38. The average Bonchev–Trinajstić information content (AvgIpc) is 2.93. The summed E-state index contributed by atoms with van der Waals surface area (Å²) in [5.74, 6) is -0.712. The van der Waals surface area contributed by atoms with E-state index in [1.807, 2.05) is 54.6 Å². The zero-order valence-corrected chi connectivity index (χ0v) is 25.7. The van der Waals surface area contributed by atoms with E-state index < -0.39 is 27.8 Å². The van der Waals surface area contributed by atoms with Gasteiger partial charge in [-0.1, -0.05) is 64.5 Å². The largest absolute Gasteiger partial charge is 0.416 e. The highest BCUT2D eigenvalue weighted by atomic mass is 79.9. The summed E-state index contributed by atoms with van der Waals surface area (Å²) in [7, 11) is -3.96. The molecule has 0 aromatic heterocycles. The van der Waals surface area contributed by atoms with Crippen molar-refractivity contribution in [2.45, 2.75) is 44.9 Å². The fourth-order valence-electron chi connectivity index (χ4n) is 4.47. The van der Waals surface area contributed by atoms with Crippen LogP contribution in [0.2, 0.25) is 0 Å². The van der Waals surface area contributed by atoms with Crippen LogP contribution in [0, 0.1) is 0 Å². The molecule has 3 aromatic rings. The molecule has 3 aromatic carbocycles. The van der Waals surface area contributed by atoms with Gasteiger partial charge in [-0.25, -0.2) is 8.42 Å². The van der Waals surface area contributed by atoms with Gasteiger partial charge in [0.05, 0.1) is 17.5 Å². The molecule has 12 heteroatoms. The monoisotopic (exact) mass is 667 g/mol. The van der Waals surface area contributed by atoms with Crippen molar-refractivity contribution in [3.8, 4) is 0 Å². The Kier molecular flexibility index (Phi) is 11.6. The summed E-state index contributed by atoms with van der Waals surface area (Å²) in [6, 6.07) is 19.8. The summed E-state index contributed by atoms with van der Waals surface area (Å²) < 4.78 is 66.6. The van der Waals surface area contributed by atoms with Gasteiger partial charge < -0.3 is 10.2 Å². The summed E-state index contributed by atoms with van der Waals surface area (Å²) in [5.41, 5.74) is 0.526. The maximum Gasteiger partial charge on any atom is 0.416 e. The van der Waals surface area contributed by atoms with Gasteiger partial charge in [0.15, 0.2) is 0 Å². The lowest BCUT2D eigenvalue weighted by molar-refractivity contribution is -0.141. The van der Waals surface area contributed by atoms with Crippen LogP contribution in [-0.4, -0.2) is 50.5 Å². The maximum atomic E-state index is 13.7. The summed E-state index contributed by atoms with van der Waals surface area (Å²) in [5, 5.41) is 2.81. The third kappa shape index (κ3) is 9.59. The van der Waals surface area contributed by atoms with Crippen LogP contribution in [0.4, 0.5) is 18.9 Å². The molecular weight excluding hydrogens is 635 g/mol. The number of carbonyl (C=O) groups is 2. The molecule has 0 unspecified atom stereocenters. The van der Waals surface area contributed by atoms with Crippen molar-refractivity contribution in [3.05, 3.63) is 100 Å². The van der Waals surface area contributed by atoms with Gasteiger partial charge in [0.2, 0.25) is 21.8 Å². The van der Waals surface area contributed by atoms with Gasteiger partial charge in [-0.2, -0.15) is 13.2 Å². The summed E-state index contributed by atoms with van der Waals surface area (Å²) in [6.07, 6.45) is -3.59. The molecule has 0 radical (unpaired) electrons. The second-order valence-corrected chi connectivity index (χ2v) is 12.6. The first-order chi connectivity index (χ1) is 19.8. The molecule has 42 heavy (non-hydrogen) atoms. The molecule has 2 amide bonds. The number of rotatable bonds is 13. The molecule has 0 bridgehead atoms. The fraction of sp³-hybridized carbons (Fsp3) is 0.333. The SMILES string of the molecule is CCNC(=O)[C@@H](Cc1ccccc1)N(Cc1ccc(Br)cc1)C(=O)CCCN(c1cccc(C(F)(F)F)c1)S(C)(=O)=O. The van der Waals surface area contributed by atoms with Crippen LogP contribution in [0.5, 0.6) is 0 Å². The molecule has 0 saturated carbocycles. The highest BCUT2D eigenvalue weighted by Crippen LogP contribution is 2.32. The first kappa shape index (κ1) is 33.1. The Morgan fingerprint density at radius 1 is 0.952 bits per heavy atom. The predicted molar refractivity (Wildman–Crippen MR) is 160 cm³/mol. The van der Waals surface area contributed by atoms with E-state index in [-0.39, 0.29) is 49.9 Å². The van der Waals surface area contributed by atoms with Crippen LogP contribution in [-0.2, 0) is 38.8 Å². The number of nitrogens with zero attached hydrogens (tertiary/aromatic N) is 2. The number of likely N-dealkylation sites (N-methyl/N-ethyl adjacent to an activating group) is 1. The molecule has 3 rings (SSSR count). The Balaban J connectivity index is 1.87. The van der Waals surface area contributed by atoms with E-state index >= 15 is 0 Å². The molecule has 0 aliphatic rings. The third-order valence-corrected chi connectivity index (χ3v) is 8.22. The zero-order chi connectivity index (χ0) is 30.9. The van der Waals surface area contributed by atoms with Gasteiger partial charge >= 0.3 is 6.18 Å². The molecule has 0 heterocycles. The van der Waals surface area contributed by atoms with Crippen molar-refractivity contribution >= 4 is 43.5 Å². The number of anilines is 1. The van der Waals surface area contributed by atoms with Crippen molar-refractivity contribution < 1.29 is 31.2 Å². The lowest BCUT2D eigenvalue weighted by Crippen LogP contribution is -2.50. The number of nitrogens with one attached hydrogen (secondary N) is 1. The van der Waals surface area contributed by atoms with Crippen molar-refractivity contribution in [3.63, 3.8) is 0 Å². The normalized spacial score (nSPS) is 12.4. The summed E-state index contributed by atoms with van der Waals surface area (Å²) in [4.78, 5) is 28.5. The number of hydrogen-bond acceptors (Lipinski definition) is 4. The standard InChI is InChI=1S/C30H33BrF3N3O4S/c1-3-35-29(39)27(19-22-9-5-4-6-10-22)36(21-23-14-16-25(31)17-15-23)28(38)13-8-18-37(42(2,40)41)26-12-7-11-24(20-26)30(32,33)34/h4-7,9-12,14-17,20,27H,3,8,13,18-19,21H2,1-2H3,(H,35,39)/t27-/m1/s1. The predicted octanol–water partition coefficient (Wildman–Crippen LogP) is 5.79. The number of halogens is 4. The average molecular weight is 669 g/mol. The third-order valence-electron chi connectivity index (χ3n) is 6.50. The van der Waals surface area contributed by atoms with Crippen LogP contribution in [0.15, 0.2) is 83.3 Å². The van der Waals surface area contributed by atoms with Gasteiger partial charge in [0.1, 0.15) is 6.04 Å². The number of amides is 2. The molecule has 0 aliphatic carbocycles. The van der Waals surface area contributed by atoms with E-state index in [1.54, 1.807) is 6.92 Å². The van der Waals surface area contributed by atoms with Crippen molar-refractivity contribution in [1.82, 2.24) is 10.2 Å².